The first-order valence-electron chi connectivity index (χ1n) is 8.76. The molecular formula is C18H18ClF3N2O4S. The standard InChI is InChI=1S/C18H18ClF3N2O4S/c19-16-6-5-14(29(26,27)24-7-1-2-8-24)10-15(16)17(25)23(12-18(20,21)22)11-13-4-3-9-28-13/h3-6,9-10H,1-2,7-8,11-12H2. The van der Waals surface area contributed by atoms with E-state index in [4.69, 9.17) is 16.0 Å². The molecule has 1 saturated heterocycles. The highest BCUT2D eigenvalue weighted by Crippen LogP contribution is 2.28. The lowest BCUT2D eigenvalue weighted by Crippen LogP contribution is -2.38. The van der Waals surface area contributed by atoms with Gasteiger partial charge in [0.1, 0.15) is 12.3 Å². The van der Waals surface area contributed by atoms with E-state index in [0.717, 1.165) is 18.9 Å². The van der Waals surface area contributed by atoms with E-state index in [-0.39, 0.29) is 21.2 Å². The zero-order valence-corrected chi connectivity index (χ0v) is 16.7. The summed E-state index contributed by atoms with van der Waals surface area (Å²) >= 11 is 6.04. The molecule has 29 heavy (non-hydrogen) atoms. The van der Waals surface area contributed by atoms with Crippen LogP contribution in [0, 0.1) is 0 Å². The normalized spacial score (nSPS) is 15.6. The molecule has 1 amide bonds. The second-order valence-electron chi connectivity index (χ2n) is 6.61. The van der Waals surface area contributed by atoms with Gasteiger partial charge in [-0.3, -0.25) is 4.79 Å². The van der Waals surface area contributed by atoms with Crippen LogP contribution < -0.4 is 0 Å². The summed E-state index contributed by atoms with van der Waals surface area (Å²) in [7, 11) is -3.86. The Morgan fingerprint density at radius 3 is 2.48 bits per heavy atom. The van der Waals surface area contributed by atoms with Gasteiger partial charge in [0, 0.05) is 13.1 Å². The Kier molecular flexibility index (Phi) is 6.25. The van der Waals surface area contributed by atoms with Gasteiger partial charge < -0.3 is 9.32 Å². The van der Waals surface area contributed by atoms with Gasteiger partial charge in [-0.15, -0.1) is 0 Å². The molecule has 0 aliphatic carbocycles. The topological polar surface area (TPSA) is 70.8 Å². The van der Waals surface area contributed by atoms with Gasteiger partial charge in [0.05, 0.1) is 28.3 Å². The summed E-state index contributed by atoms with van der Waals surface area (Å²) in [5.41, 5.74) is -0.317. The molecule has 2 aromatic rings. The van der Waals surface area contributed by atoms with Crippen LogP contribution in [0.3, 0.4) is 0 Å². The number of rotatable bonds is 6. The molecule has 1 fully saturated rings. The molecule has 6 nitrogen and oxygen atoms in total. The molecule has 2 heterocycles. The van der Waals surface area contributed by atoms with Crippen molar-refractivity contribution in [2.45, 2.75) is 30.5 Å². The van der Waals surface area contributed by atoms with Gasteiger partial charge >= 0.3 is 6.18 Å². The highest BCUT2D eigenvalue weighted by molar-refractivity contribution is 7.89. The van der Waals surface area contributed by atoms with E-state index < -0.39 is 35.2 Å². The van der Waals surface area contributed by atoms with Crippen molar-refractivity contribution in [2.75, 3.05) is 19.6 Å². The summed E-state index contributed by atoms with van der Waals surface area (Å²) < 4.78 is 70.9. The van der Waals surface area contributed by atoms with Gasteiger partial charge in [-0.25, -0.2) is 8.42 Å². The number of nitrogens with zero attached hydrogens (tertiary/aromatic N) is 2. The number of hydrogen-bond donors (Lipinski definition) is 0. The molecule has 3 rings (SSSR count). The van der Waals surface area contributed by atoms with Crippen molar-refractivity contribution in [3.05, 3.63) is 52.9 Å². The number of amides is 1. The minimum Gasteiger partial charge on any atom is -0.467 e. The molecule has 0 spiro atoms. The number of carbonyl (C=O) groups excluding carboxylic acids is 1. The maximum atomic E-state index is 13.0. The first-order chi connectivity index (χ1) is 13.6. The van der Waals surface area contributed by atoms with Gasteiger partial charge in [-0.05, 0) is 43.2 Å². The van der Waals surface area contributed by atoms with Gasteiger partial charge in [-0.1, -0.05) is 11.6 Å². The van der Waals surface area contributed by atoms with Crippen LogP contribution in [0.2, 0.25) is 5.02 Å². The summed E-state index contributed by atoms with van der Waals surface area (Å²) in [5.74, 6) is -0.887. The maximum absolute atomic E-state index is 13.0. The first kappa shape index (κ1) is 21.7. The summed E-state index contributed by atoms with van der Waals surface area (Å²) in [4.78, 5) is 13.2. The molecule has 158 valence electrons. The summed E-state index contributed by atoms with van der Waals surface area (Å²) in [6.45, 7) is -1.27. The Bertz CT molecular complexity index is 971. The van der Waals surface area contributed by atoms with E-state index >= 15 is 0 Å². The third kappa shape index (κ3) is 5.12. The van der Waals surface area contributed by atoms with E-state index in [1.54, 1.807) is 0 Å². The van der Waals surface area contributed by atoms with E-state index in [2.05, 4.69) is 0 Å². The average Bonchev–Trinajstić information content (AvgIpc) is 3.34. The predicted octanol–water partition coefficient (Wildman–Crippen LogP) is 3.92. The highest BCUT2D eigenvalue weighted by atomic mass is 35.5. The molecule has 11 heteroatoms. The average molecular weight is 451 g/mol. The molecule has 1 aliphatic rings. The monoisotopic (exact) mass is 450 g/mol. The van der Waals surface area contributed by atoms with Crippen molar-refractivity contribution in [2.24, 2.45) is 0 Å². The fourth-order valence-electron chi connectivity index (χ4n) is 3.08. The number of alkyl halides is 3. The molecule has 0 N–H and O–H groups in total. The Labute approximate surface area is 170 Å². The lowest BCUT2D eigenvalue weighted by Gasteiger charge is -2.24. The molecule has 0 atom stereocenters. The Hall–Kier alpha value is -2.04. The van der Waals surface area contributed by atoms with Crippen molar-refractivity contribution in [1.82, 2.24) is 9.21 Å². The van der Waals surface area contributed by atoms with Crippen LogP contribution in [-0.4, -0.2) is 49.3 Å². The number of benzene rings is 1. The molecule has 0 bridgehead atoms. The van der Waals surface area contributed by atoms with Crippen LogP contribution in [0.4, 0.5) is 13.2 Å². The number of carbonyl (C=O) groups is 1. The van der Waals surface area contributed by atoms with Crippen molar-refractivity contribution in [3.8, 4) is 0 Å². The lowest BCUT2D eigenvalue weighted by molar-refractivity contribution is -0.142. The van der Waals surface area contributed by atoms with Crippen molar-refractivity contribution < 1.29 is 30.8 Å². The third-order valence-corrected chi connectivity index (χ3v) is 6.68. The van der Waals surface area contributed by atoms with E-state index in [9.17, 15) is 26.4 Å². The van der Waals surface area contributed by atoms with Crippen LogP contribution in [0.25, 0.3) is 0 Å². The number of hydrogen-bond acceptors (Lipinski definition) is 4. The fraction of sp³-hybridized carbons (Fsp3) is 0.389. The van der Waals surface area contributed by atoms with Crippen LogP contribution in [0.1, 0.15) is 29.0 Å². The third-order valence-electron chi connectivity index (χ3n) is 4.46. The Morgan fingerprint density at radius 1 is 1.21 bits per heavy atom. The van der Waals surface area contributed by atoms with Crippen molar-refractivity contribution >= 4 is 27.5 Å². The largest absolute Gasteiger partial charge is 0.467 e. The van der Waals surface area contributed by atoms with Gasteiger partial charge in [-0.2, -0.15) is 17.5 Å². The number of sulfonamides is 1. The SMILES string of the molecule is O=C(c1cc(S(=O)(=O)N2CCCC2)ccc1Cl)N(Cc1ccco1)CC(F)(F)F. The zero-order valence-electron chi connectivity index (χ0n) is 15.2. The minimum absolute atomic E-state index is 0.137. The smallest absolute Gasteiger partial charge is 0.406 e. The second kappa shape index (κ2) is 8.37. The fourth-order valence-corrected chi connectivity index (χ4v) is 4.83. The minimum atomic E-state index is -4.66. The lowest BCUT2D eigenvalue weighted by atomic mass is 10.2. The van der Waals surface area contributed by atoms with Crippen LogP contribution in [0.5, 0.6) is 0 Å². The predicted molar refractivity (Wildman–Crippen MR) is 98.9 cm³/mol. The van der Waals surface area contributed by atoms with Gasteiger partial charge in [0.2, 0.25) is 10.0 Å². The molecule has 0 radical (unpaired) electrons. The van der Waals surface area contributed by atoms with E-state index in [0.29, 0.717) is 18.0 Å². The molecule has 0 saturated carbocycles. The zero-order chi connectivity index (χ0) is 21.2. The number of furan rings is 1. The summed E-state index contributed by atoms with van der Waals surface area (Å²) in [5, 5.41) is -0.137. The van der Waals surface area contributed by atoms with Crippen LogP contribution in [-0.2, 0) is 16.6 Å². The van der Waals surface area contributed by atoms with Gasteiger partial charge in [0.15, 0.2) is 0 Å². The molecule has 1 aromatic carbocycles. The summed E-state index contributed by atoms with van der Waals surface area (Å²) in [6.07, 6.45) is -1.93. The van der Waals surface area contributed by atoms with E-state index in [1.807, 2.05) is 0 Å². The molecule has 1 aliphatic heterocycles. The van der Waals surface area contributed by atoms with E-state index in [1.165, 1.54) is 34.8 Å². The molecule has 1 aromatic heterocycles. The Balaban J connectivity index is 1.94. The Morgan fingerprint density at radius 2 is 1.90 bits per heavy atom. The number of halogens is 4. The quantitative estimate of drug-likeness (QED) is 0.668. The molecule has 0 unspecified atom stereocenters. The van der Waals surface area contributed by atoms with Crippen LogP contribution >= 0.6 is 11.6 Å². The summed E-state index contributed by atoms with van der Waals surface area (Å²) in [6, 6.07) is 6.40. The highest BCUT2D eigenvalue weighted by Gasteiger charge is 2.35. The second-order valence-corrected chi connectivity index (χ2v) is 8.95. The van der Waals surface area contributed by atoms with Crippen molar-refractivity contribution in [3.63, 3.8) is 0 Å². The molecular weight excluding hydrogens is 433 g/mol. The first-order valence-corrected chi connectivity index (χ1v) is 10.6. The van der Waals surface area contributed by atoms with Crippen LogP contribution in [0.15, 0.2) is 45.9 Å². The van der Waals surface area contributed by atoms with Crippen molar-refractivity contribution in [1.29, 1.82) is 0 Å². The van der Waals surface area contributed by atoms with Gasteiger partial charge in [0.25, 0.3) is 5.91 Å². The maximum Gasteiger partial charge on any atom is 0.406 e.